The number of rotatable bonds is 2. The molecule has 2 aromatic rings. The normalized spacial score (nSPS) is 10.3. The number of halogens is 2. The minimum atomic E-state index is -0.291. The highest BCUT2D eigenvalue weighted by Gasteiger charge is 2.10. The second-order valence-corrected chi connectivity index (χ2v) is 4.34. The molecule has 0 radical (unpaired) electrons. The van der Waals surface area contributed by atoms with Crippen molar-refractivity contribution in [1.82, 2.24) is 10.2 Å². The summed E-state index contributed by atoms with van der Waals surface area (Å²) in [5.41, 5.74) is 1.77. The summed E-state index contributed by atoms with van der Waals surface area (Å²) in [6.07, 6.45) is 2.93. The molecule has 0 bridgehead atoms. The molecule has 0 aliphatic rings. The zero-order chi connectivity index (χ0) is 12.4. The Balaban J connectivity index is 2.25. The van der Waals surface area contributed by atoms with Gasteiger partial charge >= 0.3 is 0 Å². The summed E-state index contributed by atoms with van der Waals surface area (Å²) in [5.74, 6) is -0.291. The molecule has 2 rings (SSSR count). The van der Waals surface area contributed by atoms with Crippen molar-refractivity contribution in [3.8, 4) is 0 Å². The fourth-order valence-corrected chi connectivity index (χ4v) is 1.74. The fraction of sp³-hybridized carbons (Fsp3) is 0.0909. The molecule has 1 amide bonds. The van der Waals surface area contributed by atoms with E-state index in [0.717, 1.165) is 5.56 Å². The van der Waals surface area contributed by atoms with E-state index in [1.165, 1.54) is 12.4 Å². The molecule has 1 heterocycles. The van der Waals surface area contributed by atoms with Crippen molar-refractivity contribution in [3.05, 3.63) is 45.7 Å². The molecule has 0 unspecified atom stereocenters. The van der Waals surface area contributed by atoms with Crippen molar-refractivity contribution in [3.63, 3.8) is 0 Å². The largest absolute Gasteiger partial charge is 0.320 e. The van der Waals surface area contributed by atoms with E-state index in [1.54, 1.807) is 12.1 Å². The SMILES string of the molecule is Cc1cc(Cl)c(NC(=O)c2cn[nH]c2)cc1Cl. The summed E-state index contributed by atoms with van der Waals surface area (Å²) in [6, 6.07) is 3.33. The first-order valence-corrected chi connectivity index (χ1v) is 5.59. The van der Waals surface area contributed by atoms with Crippen molar-refractivity contribution in [2.24, 2.45) is 0 Å². The van der Waals surface area contributed by atoms with Gasteiger partial charge in [-0.1, -0.05) is 23.2 Å². The number of hydrogen-bond donors (Lipinski definition) is 2. The van der Waals surface area contributed by atoms with Gasteiger partial charge in [-0.3, -0.25) is 9.89 Å². The Morgan fingerprint density at radius 2 is 2.12 bits per heavy atom. The van der Waals surface area contributed by atoms with Crippen molar-refractivity contribution in [1.29, 1.82) is 0 Å². The molecule has 0 aliphatic carbocycles. The third-order valence-corrected chi connectivity index (χ3v) is 2.98. The van der Waals surface area contributed by atoms with Crippen LogP contribution < -0.4 is 5.32 Å². The molecule has 1 aromatic heterocycles. The number of aromatic nitrogens is 2. The number of nitrogens with zero attached hydrogens (tertiary/aromatic N) is 1. The number of aromatic amines is 1. The number of carbonyl (C=O) groups excluding carboxylic acids is 1. The highest BCUT2D eigenvalue weighted by Crippen LogP contribution is 2.29. The van der Waals surface area contributed by atoms with Crippen molar-refractivity contribution >= 4 is 34.8 Å². The van der Waals surface area contributed by atoms with Gasteiger partial charge in [0.1, 0.15) is 0 Å². The summed E-state index contributed by atoms with van der Waals surface area (Å²) in [6.45, 7) is 1.84. The number of carbonyl (C=O) groups is 1. The van der Waals surface area contributed by atoms with Gasteiger partial charge in [0, 0.05) is 11.2 Å². The van der Waals surface area contributed by atoms with Crippen molar-refractivity contribution < 1.29 is 4.79 Å². The quantitative estimate of drug-likeness (QED) is 0.879. The second-order valence-electron chi connectivity index (χ2n) is 3.52. The Morgan fingerprint density at radius 3 is 2.76 bits per heavy atom. The summed E-state index contributed by atoms with van der Waals surface area (Å²) in [4.78, 5) is 11.8. The average Bonchev–Trinajstić information content (AvgIpc) is 2.79. The number of nitrogens with one attached hydrogen (secondary N) is 2. The topological polar surface area (TPSA) is 57.8 Å². The van der Waals surface area contributed by atoms with Crippen LogP contribution in [0.15, 0.2) is 24.5 Å². The van der Waals surface area contributed by atoms with Gasteiger partial charge in [-0.15, -0.1) is 0 Å². The van der Waals surface area contributed by atoms with Crippen LogP contribution in [0, 0.1) is 6.92 Å². The average molecular weight is 270 g/mol. The molecular formula is C11H9Cl2N3O. The van der Waals surface area contributed by atoms with E-state index in [2.05, 4.69) is 15.5 Å². The van der Waals surface area contributed by atoms with E-state index in [4.69, 9.17) is 23.2 Å². The first-order valence-electron chi connectivity index (χ1n) is 4.83. The maximum Gasteiger partial charge on any atom is 0.258 e. The smallest absolute Gasteiger partial charge is 0.258 e. The Bertz CT molecular complexity index is 552. The maximum atomic E-state index is 11.8. The minimum absolute atomic E-state index is 0.291. The number of aryl methyl sites for hydroxylation is 1. The zero-order valence-corrected chi connectivity index (χ0v) is 10.4. The number of H-pyrrole nitrogens is 1. The van der Waals surface area contributed by atoms with Gasteiger partial charge < -0.3 is 5.32 Å². The number of amides is 1. The summed E-state index contributed by atoms with van der Waals surface area (Å²) in [5, 5.41) is 9.92. The molecule has 0 atom stereocenters. The van der Waals surface area contributed by atoms with E-state index in [9.17, 15) is 4.79 Å². The van der Waals surface area contributed by atoms with Crippen LogP contribution in [0.1, 0.15) is 15.9 Å². The predicted octanol–water partition coefficient (Wildman–Crippen LogP) is 3.28. The molecule has 1 aromatic carbocycles. The first-order chi connectivity index (χ1) is 8.08. The van der Waals surface area contributed by atoms with Crippen LogP contribution in [0.5, 0.6) is 0 Å². The van der Waals surface area contributed by atoms with Gasteiger partial charge in [-0.2, -0.15) is 5.10 Å². The van der Waals surface area contributed by atoms with Crippen LogP contribution >= 0.6 is 23.2 Å². The Hall–Kier alpha value is -1.52. The van der Waals surface area contributed by atoms with Gasteiger partial charge in [0.05, 0.1) is 22.5 Å². The maximum absolute atomic E-state index is 11.8. The molecule has 0 saturated heterocycles. The molecule has 88 valence electrons. The number of anilines is 1. The third-order valence-electron chi connectivity index (χ3n) is 2.26. The monoisotopic (exact) mass is 269 g/mol. The Labute approximate surface area is 108 Å². The van der Waals surface area contributed by atoms with Gasteiger partial charge in [0.25, 0.3) is 5.91 Å². The molecule has 0 fully saturated rings. The standard InChI is InChI=1S/C11H9Cl2N3O/c1-6-2-9(13)10(3-8(6)12)16-11(17)7-4-14-15-5-7/h2-5H,1H3,(H,14,15)(H,16,17). The van der Waals surface area contributed by atoms with Crippen LogP contribution in [-0.2, 0) is 0 Å². The van der Waals surface area contributed by atoms with E-state index < -0.39 is 0 Å². The summed E-state index contributed by atoms with van der Waals surface area (Å²) < 4.78 is 0. The van der Waals surface area contributed by atoms with Crippen LogP contribution in [-0.4, -0.2) is 16.1 Å². The van der Waals surface area contributed by atoms with Crippen LogP contribution in [0.25, 0.3) is 0 Å². The summed E-state index contributed by atoms with van der Waals surface area (Å²) >= 11 is 12.0. The van der Waals surface area contributed by atoms with Crippen LogP contribution in [0.2, 0.25) is 10.0 Å². The zero-order valence-electron chi connectivity index (χ0n) is 8.92. The molecule has 17 heavy (non-hydrogen) atoms. The summed E-state index contributed by atoms with van der Waals surface area (Å²) in [7, 11) is 0. The lowest BCUT2D eigenvalue weighted by atomic mass is 10.2. The van der Waals surface area contributed by atoms with E-state index in [1.807, 2.05) is 6.92 Å². The van der Waals surface area contributed by atoms with Crippen LogP contribution in [0.3, 0.4) is 0 Å². The van der Waals surface area contributed by atoms with Gasteiger partial charge in [-0.25, -0.2) is 0 Å². The Morgan fingerprint density at radius 1 is 1.35 bits per heavy atom. The van der Waals surface area contributed by atoms with Gasteiger partial charge in [0.2, 0.25) is 0 Å². The third kappa shape index (κ3) is 2.60. The molecule has 0 spiro atoms. The number of hydrogen-bond acceptors (Lipinski definition) is 2. The van der Waals surface area contributed by atoms with Gasteiger partial charge in [0.15, 0.2) is 0 Å². The van der Waals surface area contributed by atoms with Gasteiger partial charge in [-0.05, 0) is 24.6 Å². The minimum Gasteiger partial charge on any atom is -0.320 e. The molecule has 6 heteroatoms. The lowest BCUT2D eigenvalue weighted by Crippen LogP contribution is -2.11. The second kappa shape index (κ2) is 4.77. The van der Waals surface area contributed by atoms with E-state index in [0.29, 0.717) is 21.3 Å². The highest BCUT2D eigenvalue weighted by molar-refractivity contribution is 6.36. The lowest BCUT2D eigenvalue weighted by Gasteiger charge is -2.08. The Kier molecular flexibility index (Phi) is 3.36. The number of benzene rings is 1. The predicted molar refractivity (Wildman–Crippen MR) is 67.7 cm³/mol. The van der Waals surface area contributed by atoms with Crippen LogP contribution in [0.4, 0.5) is 5.69 Å². The molecule has 0 saturated carbocycles. The first kappa shape index (κ1) is 12.0. The molecule has 0 aliphatic heterocycles. The lowest BCUT2D eigenvalue weighted by molar-refractivity contribution is 0.102. The molecule has 4 nitrogen and oxygen atoms in total. The molecule has 2 N–H and O–H groups in total. The van der Waals surface area contributed by atoms with E-state index in [-0.39, 0.29) is 5.91 Å². The van der Waals surface area contributed by atoms with E-state index >= 15 is 0 Å². The highest BCUT2D eigenvalue weighted by atomic mass is 35.5. The molecular weight excluding hydrogens is 261 g/mol. The fourth-order valence-electron chi connectivity index (χ4n) is 1.31. The van der Waals surface area contributed by atoms with Crippen molar-refractivity contribution in [2.45, 2.75) is 6.92 Å². The van der Waals surface area contributed by atoms with Crippen molar-refractivity contribution in [2.75, 3.05) is 5.32 Å².